The molecule has 0 saturated heterocycles. The highest BCUT2D eigenvalue weighted by atomic mass is 19.3. The number of hydrogen-bond acceptors (Lipinski definition) is 8. The molecule has 9 nitrogen and oxygen atoms in total. The summed E-state index contributed by atoms with van der Waals surface area (Å²) in [7, 11) is -2.12. The van der Waals surface area contributed by atoms with Crippen LogP contribution in [0.1, 0.15) is 43.1 Å². The molecule has 0 unspecified atom stereocenters. The molecule has 0 amide bonds. The highest BCUT2D eigenvalue weighted by Gasteiger charge is 2.37. The summed E-state index contributed by atoms with van der Waals surface area (Å²) in [5, 5.41) is -0.627. The molecule has 0 bridgehead atoms. The zero-order valence-corrected chi connectivity index (χ0v) is 16.5. The number of pyridine rings is 1. The summed E-state index contributed by atoms with van der Waals surface area (Å²) >= 11 is 0. The van der Waals surface area contributed by atoms with Gasteiger partial charge in [0, 0.05) is 26.1 Å². The quantitative estimate of drug-likeness (QED) is 0.459. The van der Waals surface area contributed by atoms with Gasteiger partial charge in [-0.15, -0.1) is 0 Å². The molecule has 170 valence electrons. The number of benzene rings is 1. The van der Waals surface area contributed by atoms with Gasteiger partial charge < -0.3 is 23.3 Å². The Kier molecular flexibility index (Phi) is 6.41. The molecule has 0 N–H and O–H groups in total. The van der Waals surface area contributed by atoms with Gasteiger partial charge >= 0.3 is 19.9 Å². The van der Waals surface area contributed by atoms with Gasteiger partial charge in [-0.3, -0.25) is 14.4 Å². The van der Waals surface area contributed by atoms with Crippen LogP contribution >= 0.6 is 0 Å². The van der Waals surface area contributed by atoms with Crippen molar-refractivity contribution >= 4 is 36.1 Å². The van der Waals surface area contributed by atoms with Crippen LogP contribution in [0.5, 0.6) is 5.75 Å². The summed E-state index contributed by atoms with van der Waals surface area (Å²) in [6, 6.07) is 0.0173. The maximum Gasteiger partial charge on any atom is 0.870 e. The molecular formula is C18H14BF4NO8. The number of alkyl halides is 2. The predicted molar refractivity (Wildman–Crippen MR) is 97.7 cm³/mol. The monoisotopic (exact) mass is 459 g/mol. The van der Waals surface area contributed by atoms with E-state index in [9.17, 15) is 36.7 Å². The topological polar surface area (TPSA) is 110 Å². The van der Waals surface area contributed by atoms with Gasteiger partial charge in [-0.05, 0) is 18.9 Å². The molecule has 14 heteroatoms. The van der Waals surface area contributed by atoms with E-state index in [-0.39, 0.29) is 0 Å². The van der Waals surface area contributed by atoms with E-state index >= 15 is 0 Å². The van der Waals surface area contributed by atoms with Gasteiger partial charge in [-0.1, -0.05) is 0 Å². The number of hydrogen-bond donors (Lipinski definition) is 0. The lowest BCUT2D eigenvalue weighted by Gasteiger charge is -2.17. The first kappa shape index (κ1) is 23.1. The van der Waals surface area contributed by atoms with E-state index < -0.39 is 77.2 Å². The van der Waals surface area contributed by atoms with Crippen LogP contribution in [0.4, 0.5) is 17.6 Å². The van der Waals surface area contributed by atoms with Crippen LogP contribution in [0.2, 0.25) is 0 Å². The normalized spacial score (nSPS) is 13.1. The van der Waals surface area contributed by atoms with Crippen molar-refractivity contribution in [2.75, 3.05) is 0 Å². The Balaban J connectivity index is 2.15. The van der Waals surface area contributed by atoms with Gasteiger partial charge in [0.25, 0.3) is 11.9 Å². The van der Waals surface area contributed by atoms with Crippen molar-refractivity contribution in [2.45, 2.75) is 39.3 Å². The molecule has 0 atom stereocenters. The number of carbonyl (C=O) groups is 3. The fourth-order valence-electron chi connectivity index (χ4n) is 2.91. The number of aromatic nitrogens is 1. The van der Waals surface area contributed by atoms with Crippen molar-refractivity contribution in [3.63, 3.8) is 0 Å². The van der Waals surface area contributed by atoms with Crippen LogP contribution in [0, 0.1) is 11.6 Å². The second kappa shape index (κ2) is 8.89. The Bertz CT molecular complexity index is 1150. The number of nitrogens with zero attached hydrogens (tertiary/aromatic N) is 1. The molecule has 1 aromatic carbocycles. The van der Waals surface area contributed by atoms with Crippen molar-refractivity contribution in [3.8, 4) is 5.75 Å². The maximum atomic E-state index is 14.2. The van der Waals surface area contributed by atoms with Crippen LogP contribution in [-0.4, -0.2) is 36.4 Å². The Morgan fingerprint density at radius 3 is 2.19 bits per heavy atom. The second-order valence-corrected chi connectivity index (χ2v) is 6.70. The van der Waals surface area contributed by atoms with E-state index in [1.54, 1.807) is 0 Å². The highest BCUT2D eigenvalue weighted by Crippen LogP contribution is 2.41. The predicted octanol–water partition coefficient (Wildman–Crippen LogP) is 2.48. The lowest BCUT2D eigenvalue weighted by atomic mass is 10.1. The summed E-state index contributed by atoms with van der Waals surface area (Å²) in [6.45, 7) is -1.65. The highest BCUT2D eigenvalue weighted by molar-refractivity contribution is 6.44. The van der Waals surface area contributed by atoms with Crippen LogP contribution < -0.4 is 10.2 Å². The first-order valence-electron chi connectivity index (χ1n) is 9.06. The minimum Gasteiger partial charge on any atom is -0.462 e. The molecule has 0 radical (unpaired) electrons. The first-order valence-corrected chi connectivity index (χ1v) is 9.06. The average molecular weight is 459 g/mol. The fourth-order valence-corrected chi connectivity index (χ4v) is 2.91. The minimum atomic E-state index is -3.52. The third-order valence-electron chi connectivity index (χ3n) is 4.26. The molecule has 1 aliphatic rings. The number of carbonyl (C=O) groups excluding carboxylic acids is 3. The van der Waals surface area contributed by atoms with E-state index in [1.807, 2.05) is 0 Å². The Labute approximate surface area is 177 Å². The molecule has 0 spiro atoms. The first-order chi connectivity index (χ1) is 15.0. The minimum absolute atomic E-state index is 0.424. The summed E-state index contributed by atoms with van der Waals surface area (Å²) in [6.07, 6.45) is 1.88. The zero-order valence-electron chi connectivity index (χ0n) is 16.5. The summed E-state index contributed by atoms with van der Waals surface area (Å²) < 4.78 is 72.9. The van der Waals surface area contributed by atoms with E-state index in [1.165, 1.54) is 0 Å². The van der Waals surface area contributed by atoms with Crippen LogP contribution in [0.25, 0.3) is 10.9 Å². The molecule has 0 aliphatic heterocycles. The van der Waals surface area contributed by atoms with Crippen molar-refractivity contribution in [3.05, 3.63) is 39.7 Å². The van der Waals surface area contributed by atoms with Crippen LogP contribution in [0.15, 0.2) is 17.1 Å². The average Bonchev–Trinajstić information content (AvgIpc) is 3.49. The third-order valence-corrected chi connectivity index (χ3v) is 4.26. The van der Waals surface area contributed by atoms with Crippen molar-refractivity contribution in [1.29, 1.82) is 0 Å². The van der Waals surface area contributed by atoms with Gasteiger partial charge in [0.1, 0.15) is 5.56 Å². The van der Waals surface area contributed by atoms with E-state index in [0.29, 0.717) is 18.9 Å². The van der Waals surface area contributed by atoms with Gasteiger partial charge in [0.2, 0.25) is 11.2 Å². The number of fused-ring (bicyclic) bond motifs is 1. The molecule has 1 fully saturated rings. The zero-order chi connectivity index (χ0) is 23.7. The van der Waals surface area contributed by atoms with Crippen molar-refractivity contribution in [2.24, 2.45) is 0 Å². The lowest BCUT2D eigenvalue weighted by Crippen LogP contribution is -2.35. The van der Waals surface area contributed by atoms with E-state index in [0.717, 1.165) is 24.6 Å². The Morgan fingerprint density at radius 2 is 1.69 bits per heavy atom. The molecular weight excluding hydrogens is 445 g/mol. The standard InChI is InChI=1S/C18H14BF4NO8/c1-7(25)30-19(31-8(2)26)32-17(28)11-6-24(9-3-4-9)14-10(15(11)27)5-12(20)13(21)16(14)29-18(22)23/h5-6,9,18H,3-4H2,1-2H3. The fraction of sp³-hybridized carbons (Fsp3) is 0.333. The maximum absolute atomic E-state index is 14.2. The Morgan fingerprint density at radius 1 is 1.09 bits per heavy atom. The molecule has 3 rings (SSSR count). The summed E-state index contributed by atoms with van der Waals surface area (Å²) in [4.78, 5) is 47.6. The van der Waals surface area contributed by atoms with E-state index in [2.05, 4.69) is 14.0 Å². The number of ether oxygens (including phenoxy) is 1. The third kappa shape index (κ3) is 4.84. The summed E-state index contributed by atoms with van der Waals surface area (Å²) in [5.41, 5.74) is -2.41. The van der Waals surface area contributed by atoms with Crippen molar-refractivity contribution in [1.82, 2.24) is 4.57 Å². The van der Waals surface area contributed by atoms with Gasteiger partial charge in [-0.2, -0.15) is 13.2 Å². The molecule has 1 heterocycles. The number of rotatable bonds is 7. The lowest BCUT2D eigenvalue weighted by molar-refractivity contribution is -0.139. The molecule has 2 aromatic rings. The SMILES string of the molecule is CC(=O)OB(OC(C)=O)OC(=O)c1cn(C2CC2)c2c(OC(F)F)c(F)c(F)cc2c1=O. The molecule has 1 saturated carbocycles. The van der Waals surface area contributed by atoms with Crippen LogP contribution in [0.3, 0.4) is 0 Å². The molecule has 1 aliphatic carbocycles. The van der Waals surface area contributed by atoms with E-state index in [4.69, 9.17) is 4.65 Å². The Hall–Kier alpha value is -3.58. The molecule has 32 heavy (non-hydrogen) atoms. The molecule has 1 aromatic heterocycles. The largest absolute Gasteiger partial charge is 0.870 e. The second-order valence-electron chi connectivity index (χ2n) is 6.70. The van der Waals surface area contributed by atoms with Gasteiger partial charge in [-0.25, -0.2) is 9.18 Å². The van der Waals surface area contributed by atoms with Gasteiger partial charge in [0.15, 0.2) is 11.6 Å². The number of halogens is 4. The van der Waals surface area contributed by atoms with Crippen LogP contribution in [-0.2, 0) is 23.6 Å². The smallest absolute Gasteiger partial charge is 0.462 e. The van der Waals surface area contributed by atoms with Gasteiger partial charge in [0.05, 0.1) is 10.9 Å². The summed E-state index contributed by atoms with van der Waals surface area (Å²) in [5.74, 6) is -7.97. The van der Waals surface area contributed by atoms with Crippen molar-refractivity contribution < 1.29 is 50.6 Å².